The standard InChI is InChI=1S/C17H17N4OS/c18-17(22)21-6-3-12-7-13(9-19-16(12)21)14-8-15(23-11-14)10-20-4-1-2-5-20/h6-9,11H,1-2,4-5,10H2,(H2,18,22). The molecule has 1 saturated heterocycles. The number of fused-ring (bicyclic) bond motifs is 1. The minimum absolute atomic E-state index is 0.542. The highest BCUT2D eigenvalue weighted by Gasteiger charge is 2.14. The zero-order valence-corrected chi connectivity index (χ0v) is 13.5. The summed E-state index contributed by atoms with van der Waals surface area (Å²) in [5.41, 5.74) is 8.07. The van der Waals surface area contributed by atoms with Gasteiger partial charge in [-0.1, -0.05) is 0 Å². The Labute approximate surface area is 138 Å². The quantitative estimate of drug-likeness (QED) is 0.805. The Bertz CT molecular complexity index is 860. The first-order chi connectivity index (χ1) is 11.2. The molecule has 4 heterocycles. The Balaban J connectivity index is 1.61. The molecule has 0 bridgehead atoms. The van der Waals surface area contributed by atoms with Crippen molar-refractivity contribution in [2.24, 2.45) is 5.73 Å². The summed E-state index contributed by atoms with van der Waals surface area (Å²) in [5.74, 6) is 0. The lowest BCUT2D eigenvalue weighted by atomic mass is 10.1. The third-order valence-electron chi connectivity index (χ3n) is 4.25. The molecule has 3 aromatic rings. The fourth-order valence-electron chi connectivity index (χ4n) is 3.05. The summed E-state index contributed by atoms with van der Waals surface area (Å²) in [7, 11) is 0. The lowest BCUT2D eigenvalue weighted by Gasteiger charge is -2.12. The van der Waals surface area contributed by atoms with Crippen LogP contribution in [0.4, 0.5) is 4.79 Å². The first-order valence-electron chi connectivity index (χ1n) is 7.69. The third kappa shape index (κ3) is 2.75. The van der Waals surface area contributed by atoms with E-state index in [2.05, 4.69) is 27.4 Å². The average molecular weight is 325 g/mol. The minimum Gasteiger partial charge on any atom is -0.351 e. The van der Waals surface area contributed by atoms with Gasteiger partial charge in [-0.3, -0.25) is 9.47 Å². The van der Waals surface area contributed by atoms with Crippen LogP contribution in [0.5, 0.6) is 0 Å². The fourth-order valence-corrected chi connectivity index (χ4v) is 3.99. The second kappa shape index (κ2) is 5.79. The maximum Gasteiger partial charge on any atom is 0.324 e. The summed E-state index contributed by atoms with van der Waals surface area (Å²) >= 11 is 1.79. The van der Waals surface area contributed by atoms with Gasteiger partial charge in [0, 0.05) is 40.8 Å². The highest BCUT2D eigenvalue weighted by atomic mass is 32.1. The van der Waals surface area contributed by atoms with E-state index in [1.165, 1.54) is 47.1 Å². The summed E-state index contributed by atoms with van der Waals surface area (Å²) in [4.78, 5) is 19.6. The van der Waals surface area contributed by atoms with Crippen molar-refractivity contribution >= 4 is 28.4 Å². The number of carbonyl (C=O) groups is 1. The van der Waals surface area contributed by atoms with Gasteiger partial charge < -0.3 is 5.73 Å². The van der Waals surface area contributed by atoms with Crippen LogP contribution in [-0.2, 0) is 6.54 Å². The molecule has 0 aliphatic carbocycles. The molecule has 0 aromatic carbocycles. The van der Waals surface area contributed by atoms with Crippen LogP contribution in [0.25, 0.3) is 22.2 Å². The molecule has 2 N–H and O–H groups in total. The first kappa shape index (κ1) is 14.4. The van der Waals surface area contributed by atoms with Gasteiger partial charge in [0.15, 0.2) is 0 Å². The molecule has 117 valence electrons. The molecule has 1 amide bonds. The SMILES string of the molecule is NC(=O)n1c[c]c2cc(-c3csc(CN4CCCC4)c3)cnc21. The van der Waals surface area contributed by atoms with Crippen molar-refractivity contribution in [3.63, 3.8) is 0 Å². The van der Waals surface area contributed by atoms with E-state index in [-0.39, 0.29) is 0 Å². The number of thiophene rings is 1. The second-order valence-electron chi connectivity index (χ2n) is 5.86. The number of likely N-dealkylation sites (tertiary alicyclic amines) is 1. The van der Waals surface area contributed by atoms with Crippen LogP contribution in [0.3, 0.4) is 0 Å². The van der Waals surface area contributed by atoms with Gasteiger partial charge >= 0.3 is 6.03 Å². The largest absolute Gasteiger partial charge is 0.351 e. The molecule has 3 aromatic heterocycles. The van der Waals surface area contributed by atoms with Crippen LogP contribution in [0.2, 0.25) is 0 Å². The minimum atomic E-state index is -0.542. The molecule has 1 radical (unpaired) electrons. The number of nitrogens with two attached hydrogens (primary N) is 1. The molecular formula is C17H17N4OS. The summed E-state index contributed by atoms with van der Waals surface area (Å²) in [6, 6.07) is 6.73. The highest BCUT2D eigenvalue weighted by Crippen LogP contribution is 2.28. The summed E-state index contributed by atoms with van der Waals surface area (Å²) in [6.07, 6.45) is 5.95. The number of amides is 1. The molecule has 5 nitrogen and oxygen atoms in total. The molecule has 0 unspecified atom stereocenters. The number of hydrogen-bond donors (Lipinski definition) is 1. The second-order valence-corrected chi connectivity index (χ2v) is 6.86. The Morgan fingerprint density at radius 2 is 2.13 bits per heavy atom. The van der Waals surface area contributed by atoms with E-state index in [0.717, 1.165) is 17.5 Å². The van der Waals surface area contributed by atoms with Gasteiger partial charge in [-0.25, -0.2) is 9.78 Å². The van der Waals surface area contributed by atoms with E-state index in [1.54, 1.807) is 17.5 Å². The van der Waals surface area contributed by atoms with Crippen molar-refractivity contribution in [1.82, 2.24) is 14.5 Å². The van der Waals surface area contributed by atoms with Crippen molar-refractivity contribution in [3.8, 4) is 11.1 Å². The Kier molecular flexibility index (Phi) is 3.63. The van der Waals surface area contributed by atoms with Crippen molar-refractivity contribution in [2.75, 3.05) is 13.1 Å². The molecule has 0 spiro atoms. The van der Waals surface area contributed by atoms with E-state index in [1.807, 2.05) is 6.07 Å². The van der Waals surface area contributed by atoms with Crippen molar-refractivity contribution in [1.29, 1.82) is 0 Å². The number of pyridine rings is 1. The Morgan fingerprint density at radius 3 is 2.91 bits per heavy atom. The van der Waals surface area contributed by atoms with Gasteiger partial charge in [-0.15, -0.1) is 11.3 Å². The molecule has 6 heteroatoms. The average Bonchev–Trinajstić information content (AvgIpc) is 3.27. The normalized spacial score (nSPS) is 15.5. The summed E-state index contributed by atoms with van der Waals surface area (Å²) in [6.45, 7) is 3.44. The topological polar surface area (TPSA) is 64.2 Å². The van der Waals surface area contributed by atoms with Crippen LogP contribution in [0.15, 0.2) is 29.9 Å². The zero-order valence-electron chi connectivity index (χ0n) is 12.7. The maximum atomic E-state index is 11.3. The Hall–Kier alpha value is -2.18. The van der Waals surface area contributed by atoms with Gasteiger partial charge in [0.1, 0.15) is 5.65 Å². The summed E-state index contributed by atoms with van der Waals surface area (Å²) < 4.78 is 1.31. The molecular weight excluding hydrogens is 308 g/mol. The highest BCUT2D eigenvalue weighted by molar-refractivity contribution is 7.10. The van der Waals surface area contributed by atoms with Crippen molar-refractivity contribution < 1.29 is 4.79 Å². The van der Waals surface area contributed by atoms with Crippen LogP contribution in [-0.4, -0.2) is 33.6 Å². The molecule has 1 fully saturated rings. The van der Waals surface area contributed by atoms with Crippen molar-refractivity contribution in [2.45, 2.75) is 19.4 Å². The molecule has 4 rings (SSSR count). The van der Waals surface area contributed by atoms with Gasteiger partial charge in [0.25, 0.3) is 0 Å². The third-order valence-corrected chi connectivity index (χ3v) is 5.17. The maximum absolute atomic E-state index is 11.3. The number of nitrogens with zero attached hydrogens (tertiary/aromatic N) is 3. The van der Waals surface area contributed by atoms with E-state index in [9.17, 15) is 4.79 Å². The number of primary amides is 1. The molecule has 23 heavy (non-hydrogen) atoms. The molecule has 0 atom stereocenters. The van der Waals surface area contributed by atoms with Crippen LogP contribution < -0.4 is 5.73 Å². The van der Waals surface area contributed by atoms with Crippen LogP contribution >= 0.6 is 11.3 Å². The van der Waals surface area contributed by atoms with Crippen LogP contribution in [0, 0.1) is 6.07 Å². The predicted molar refractivity (Wildman–Crippen MR) is 91.4 cm³/mol. The molecule has 1 aliphatic heterocycles. The predicted octanol–water partition coefficient (Wildman–Crippen LogP) is 3.09. The van der Waals surface area contributed by atoms with E-state index in [0.29, 0.717) is 5.65 Å². The lowest BCUT2D eigenvalue weighted by molar-refractivity contribution is 0.251. The fraction of sp³-hybridized carbons (Fsp3) is 0.294. The summed E-state index contributed by atoms with van der Waals surface area (Å²) in [5, 5.41) is 2.97. The zero-order chi connectivity index (χ0) is 15.8. The van der Waals surface area contributed by atoms with Gasteiger partial charge in [-0.2, -0.15) is 0 Å². The molecule has 0 saturated carbocycles. The monoisotopic (exact) mass is 325 g/mol. The van der Waals surface area contributed by atoms with E-state index < -0.39 is 6.03 Å². The number of rotatable bonds is 3. The van der Waals surface area contributed by atoms with E-state index in [4.69, 9.17) is 5.73 Å². The smallest absolute Gasteiger partial charge is 0.324 e. The lowest BCUT2D eigenvalue weighted by Crippen LogP contribution is -2.18. The van der Waals surface area contributed by atoms with Gasteiger partial charge in [0.2, 0.25) is 0 Å². The van der Waals surface area contributed by atoms with Gasteiger partial charge in [-0.05, 0) is 49.0 Å². The Morgan fingerprint density at radius 1 is 1.30 bits per heavy atom. The number of hydrogen-bond acceptors (Lipinski definition) is 4. The number of aromatic nitrogens is 2. The van der Waals surface area contributed by atoms with E-state index >= 15 is 0 Å². The van der Waals surface area contributed by atoms with Crippen LogP contribution in [0.1, 0.15) is 17.7 Å². The number of carbonyl (C=O) groups excluding carboxylic acids is 1. The molecule has 1 aliphatic rings. The first-order valence-corrected chi connectivity index (χ1v) is 8.57. The van der Waals surface area contributed by atoms with Crippen molar-refractivity contribution in [3.05, 3.63) is 40.8 Å². The van der Waals surface area contributed by atoms with Gasteiger partial charge in [0.05, 0.1) is 0 Å².